The first-order valence-corrected chi connectivity index (χ1v) is 6.57. The number of ether oxygens (including phenoxy) is 1. The maximum Gasteiger partial charge on any atom is 0.410 e. The Labute approximate surface area is 117 Å². The molecule has 116 valence electrons. The Bertz CT molecular complexity index is 381. The summed E-state index contributed by atoms with van der Waals surface area (Å²) in [5.41, 5.74) is -0.737. The van der Waals surface area contributed by atoms with Crippen LogP contribution < -0.4 is 0 Å². The van der Waals surface area contributed by atoms with Crippen LogP contribution in [-0.2, 0) is 9.53 Å². The second kappa shape index (κ2) is 5.95. The summed E-state index contributed by atoms with van der Waals surface area (Å²) < 4.78 is 18.7. The fourth-order valence-electron chi connectivity index (χ4n) is 2.15. The third-order valence-corrected chi connectivity index (χ3v) is 3.22. The summed E-state index contributed by atoms with van der Waals surface area (Å²) in [6, 6.07) is -0.883. The Balaban J connectivity index is 2.83. The number of alkyl halides is 1. The molecule has 20 heavy (non-hydrogen) atoms. The first kappa shape index (κ1) is 16.7. The predicted octanol–water partition coefficient (Wildman–Crippen LogP) is 1.42. The zero-order valence-corrected chi connectivity index (χ0v) is 12.2. The number of aliphatic carboxylic acids is 1. The van der Waals surface area contributed by atoms with Crippen LogP contribution in [0, 0.1) is 5.92 Å². The molecule has 0 radical (unpaired) electrons. The van der Waals surface area contributed by atoms with Gasteiger partial charge < -0.3 is 14.9 Å². The maximum absolute atomic E-state index is 13.5. The van der Waals surface area contributed by atoms with Gasteiger partial charge in [0.1, 0.15) is 11.8 Å². The number of carboxylic acid groups (broad SMARTS) is 1. The highest BCUT2D eigenvalue weighted by Gasteiger charge is 2.44. The number of hydrogen-bond donors (Lipinski definition) is 2. The molecule has 2 N–H and O–H groups in total. The van der Waals surface area contributed by atoms with E-state index in [0.29, 0.717) is 0 Å². The van der Waals surface area contributed by atoms with Crippen molar-refractivity contribution < 1.29 is 28.9 Å². The quantitative estimate of drug-likeness (QED) is 0.821. The van der Waals surface area contributed by atoms with Crippen LogP contribution in [0.4, 0.5) is 9.18 Å². The molecule has 0 aliphatic carbocycles. The second-order valence-electron chi connectivity index (χ2n) is 6.15. The number of nitrogens with zero attached hydrogens (tertiary/aromatic N) is 1. The summed E-state index contributed by atoms with van der Waals surface area (Å²) in [7, 11) is 0. The van der Waals surface area contributed by atoms with Gasteiger partial charge in [-0.1, -0.05) is 0 Å². The molecule has 1 saturated heterocycles. The summed E-state index contributed by atoms with van der Waals surface area (Å²) in [6.45, 7) is 6.17. The number of rotatable bonds is 3. The van der Waals surface area contributed by atoms with Crippen molar-refractivity contribution >= 4 is 12.1 Å². The van der Waals surface area contributed by atoms with E-state index in [2.05, 4.69) is 0 Å². The van der Waals surface area contributed by atoms with Crippen molar-refractivity contribution in [3.63, 3.8) is 0 Å². The maximum atomic E-state index is 13.5. The fraction of sp³-hybridized carbons (Fsp3) is 0.846. The number of carbonyl (C=O) groups excluding carboxylic acids is 1. The minimum absolute atomic E-state index is 0.0853. The van der Waals surface area contributed by atoms with Crippen LogP contribution in [0.5, 0.6) is 0 Å². The molecule has 2 unspecified atom stereocenters. The van der Waals surface area contributed by atoms with Crippen molar-refractivity contribution in [2.75, 3.05) is 6.54 Å². The predicted molar refractivity (Wildman–Crippen MR) is 69.0 cm³/mol. The van der Waals surface area contributed by atoms with Gasteiger partial charge in [-0.2, -0.15) is 0 Å². The van der Waals surface area contributed by atoms with E-state index in [4.69, 9.17) is 9.84 Å². The number of aliphatic hydroxyl groups excluding tert-OH is 1. The van der Waals surface area contributed by atoms with Crippen LogP contribution in [0.2, 0.25) is 0 Å². The van der Waals surface area contributed by atoms with Gasteiger partial charge >= 0.3 is 12.1 Å². The van der Waals surface area contributed by atoms with Crippen molar-refractivity contribution in [1.82, 2.24) is 4.90 Å². The van der Waals surface area contributed by atoms with E-state index < -0.39 is 41.9 Å². The fourth-order valence-corrected chi connectivity index (χ4v) is 2.15. The second-order valence-corrected chi connectivity index (χ2v) is 6.15. The molecule has 1 heterocycles. The van der Waals surface area contributed by atoms with Crippen molar-refractivity contribution in [2.45, 2.75) is 58.0 Å². The smallest absolute Gasteiger partial charge is 0.410 e. The van der Waals surface area contributed by atoms with Crippen molar-refractivity contribution in [3.05, 3.63) is 0 Å². The Hall–Kier alpha value is -1.37. The Morgan fingerprint density at radius 1 is 1.40 bits per heavy atom. The van der Waals surface area contributed by atoms with Crippen LogP contribution in [0.3, 0.4) is 0 Å². The highest BCUT2D eigenvalue weighted by Crippen LogP contribution is 2.28. The highest BCUT2D eigenvalue weighted by molar-refractivity contribution is 5.72. The largest absolute Gasteiger partial charge is 0.481 e. The molecule has 4 atom stereocenters. The minimum atomic E-state index is -1.33. The summed E-state index contributed by atoms with van der Waals surface area (Å²) in [5, 5.41) is 18.9. The van der Waals surface area contributed by atoms with Gasteiger partial charge in [0.05, 0.1) is 24.6 Å². The molecule has 0 aromatic heterocycles. The Morgan fingerprint density at radius 3 is 2.40 bits per heavy atom. The zero-order chi connectivity index (χ0) is 15.7. The number of carbonyl (C=O) groups is 2. The molecule has 0 spiro atoms. The van der Waals surface area contributed by atoms with E-state index in [0.717, 1.165) is 4.90 Å². The van der Waals surface area contributed by atoms with Gasteiger partial charge in [0.15, 0.2) is 0 Å². The molecule has 1 aliphatic heterocycles. The summed E-state index contributed by atoms with van der Waals surface area (Å²) >= 11 is 0. The molecule has 1 aliphatic rings. The first-order valence-electron chi connectivity index (χ1n) is 6.57. The first-order chi connectivity index (χ1) is 9.03. The molecule has 7 heteroatoms. The van der Waals surface area contributed by atoms with E-state index in [9.17, 15) is 19.1 Å². The number of carboxylic acids is 1. The number of likely N-dealkylation sites (tertiary alicyclic amines) is 1. The monoisotopic (exact) mass is 291 g/mol. The number of hydrogen-bond acceptors (Lipinski definition) is 4. The van der Waals surface area contributed by atoms with Gasteiger partial charge in [-0.25, -0.2) is 9.18 Å². The number of halogens is 1. The van der Waals surface area contributed by atoms with E-state index in [1.54, 1.807) is 20.8 Å². The Morgan fingerprint density at radius 2 is 1.95 bits per heavy atom. The lowest BCUT2D eigenvalue weighted by molar-refractivity contribution is -0.146. The van der Waals surface area contributed by atoms with Gasteiger partial charge in [0.2, 0.25) is 0 Å². The van der Waals surface area contributed by atoms with Crippen LogP contribution in [0.25, 0.3) is 0 Å². The summed E-state index contributed by atoms with van der Waals surface area (Å²) in [6.07, 6.45) is -3.44. The molecule has 1 rings (SSSR count). The molecular weight excluding hydrogens is 269 g/mol. The van der Waals surface area contributed by atoms with Gasteiger partial charge in [-0.15, -0.1) is 0 Å². The van der Waals surface area contributed by atoms with Gasteiger partial charge in [0.25, 0.3) is 0 Å². The van der Waals surface area contributed by atoms with E-state index in [1.807, 2.05) is 0 Å². The van der Waals surface area contributed by atoms with Crippen LogP contribution in [-0.4, -0.2) is 57.6 Å². The van der Waals surface area contributed by atoms with Gasteiger partial charge in [0, 0.05) is 6.42 Å². The van der Waals surface area contributed by atoms with E-state index in [-0.39, 0.29) is 13.0 Å². The summed E-state index contributed by atoms with van der Waals surface area (Å²) in [4.78, 5) is 24.0. The van der Waals surface area contributed by atoms with Crippen molar-refractivity contribution in [3.8, 4) is 0 Å². The lowest BCUT2D eigenvalue weighted by atomic mass is 9.96. The number of aliphatic hydroxyl groups is 1. The molecule has 6 nitrogen and oxygen atoms in total. The summed E-state index contributed by atoms with van der Waals surface area (Å²) in [5.74, 6) is -2.28. The topological polar surface area (TPSA) is 87.1 Å². The van der Waals surface area contributed by atoms with Crippen LogP contribution in [0.1, 0.15) is 34.1 Å². The minimum Gasteiger partial charge on any atom is -0.481 e. The van der Waals surface area contributed by atoms with Gasteiger partial charge in [-0.05, 0) is 27.7 Å². The third-order valence-electron chi connectivity index (χ3n) is 3.22. The van der Waals surface area contributed by atoms with Gasteiger partial charge in [-0.3, -0.25) is 9.69 Å². The number of amides is 1. The molecular formula is C13H22FNO5. The van der Waals surface area contributed by atoms with Crippen molar-refractivity contribution in [1.29, 1.82) is 0 Å². The zero-order valence-electron chi connectivity index (χ0n) is 12.2. The van der Waals surface area contributed by atoms with Crippen LogP contribution >= 0.6 is 0 Å². The highest BCUT2D eigenvalue weighted by atomic mass is 19.1. The SMILES string of the molecule is CC(C(=O)O)C(O)[C@@H]1C[C@H](F)CN1C(=O)OC(C)(C)C. The molecule has 1 fully saturated rings. The molecule has 1 amide bonds. The molecule has 0 aromatic rings. The van der Waals surface area contributed by atoms with E-state index >= 15 is 0 Å². The lowest BCUT2D eigenvalue weighted by Gasteiger charge is -2.31. The lowest BCUT2D eigenvalue weighted by Crippen LogP contribution is -2.48. The molecule has 0 bridgehead atoms. The van der Waals surface area contributed by atoms with Crippen LogP contribution in [0.15, 0.2) is 0 Å². The normalized spacial score (nSPS) is 26.2. The third kappa shape index (κ3) is 4.06. The Kier molecular flexibility index (Phi) is 4.96. The average molecular weight is 291 g/mol. The molecule has 0 aromatic carbocycles. The van der Waals surface area contributed by atoms with Crippen molar-refractivity contribution in [2.24, 2.45) is 5.92 Å². The molecule has 0 saturated carbocycles. The van der Waals surface area contributed by atoms with E-state index in [1.165, 1.54) is 6.92 Å². The average Bonchev–Trinajstić information content (AvgIpc) is 2.67. The standard InChI is InChI=1S/C13H22FNO5/c1-7(11(17)18)10(16)9-5-8(14)6-15(9)12(19)20-13(2,3)4/h7-10,16H,5-6H2,1-4H3,(H,17,18)/t7?,8-,9-,10?/m0/s1.